The van der Waals surface area contributed by atoms with Gasteiger partial charge in [-0.15, -0.1) is 0 Å². The third-order valence-corrected chi connectivity index (χ3v) is 3.17. The van der Waals surface area contributed by atoms with Crippen LogP contribution in [-0.2, 0) is 6.54 Å². The Morgan fingerprint density at radius 1 is 1.53 bits per heavy atom. The van der Waals surface area contributed by atoms with Gasteiger partial charge in [0, 0.05) is 23.9 Å². The predicted molar refractivity (Wildman–Crippen MR) is 75.1 cm³/mol. The Kier molecular flexibility index (Phi) is 4.21. The summed E-state index contributed by atoms with van der Waals surface area (Å²) in [6, 6.07) is 5.35. The van der Waals surface area contributed by atoms with Gasteiger partial charge in [-0.25, -0.2) is 4.98 Å². The van der Waals surface area contributed by atoms with Crippen LogP contribution >= 0.6 is 15.9 Å². The maximum atomic E-state index is 12.4. The van der Waals surface area contributed by atoms with E-state index in [9.17, 15) is 4.79 Å². The van der Waals surface area contributed by atoms with Crippen LogP contribution < -0.4 is 4.74 Å². The summed E-state index contributed by atoms with van der Waals surface area (Å²) in [5.41, 5.74) is 0.519. The summed E-state index contributed by atoms with van der Waals surface area (Å²) in [5.74, 6) is 1.18. The number of aromatic amines is 1. The highest BCUT2D eigenvalue weighted by Gasteiger charge is 2.17. The number of benzene rings is 1. The molecule has 0 radical (unpaired) electrons. The van der Waals surface area contributed by atoms with Gasteiger partial charge in [-0.1, -0.05) is 15.9 Å². The van der Waals surface area contributed by atoms with E-state index in [0.29, 0.717) is 17.9 Å². The van der Waals surface area contributed by atoms with E-state index < -0.39 is 0 Å². The molecule has 2 rings (SSSR count). The lowest BCUT2D eigenvalue weighted by Crippen LogP contribution is -2.27. The molecule has 0 aliphatic carbocycles. The number of H-pyrrole nitrogens is 1. The van der Waals surface area contributed by atoms with Crippen molar-refractivity contribution in [3.05, 3.63) is 46.5 Å². The monoisotopic (exact) mass is 323 g/mol. The van der Waals surface area contributed by atoms with Gasteiger partial charge in [-0.3, -0.25) is 4.79 Å². The Morgan fingerprint density at radius 2 is 2.32 bits per heavy atom. The van der Waals surface area contributed by atoms with Crippen LogP contribution in [0.3, 0.4) is 0 Å². The van der Waals surface area contributed by atoms with Crippen LogP contribution in [0.25, 0.3) is 0 Å². The Hall–Kier alpha value is -1.82. The molecule has 0 aliphatic heterocycles. The smallest absolute Gasteiger partial charge is 0.257 e. The second-order valence-electron chi connectivity index (χ2n) is 4.04. The third-order valence-electron chi connectivity index (χ3n) is 2.68. The van der Waals surface area contributed by atoms with Gasteiger partial charge in [-0.05, 0) is 18.2 Å². The van der Waals surface area contributed by atoms with E-state index in [0.717, 1.165) is 10.3 Å². The molecule has 1 N–H and O–H groups in total. The average Bonchev–Trinajstić information content (AvgIpc) is 2.90. The third kappa shape index (κ3) is 3.14. The molecule has 1 amide bonds. The largest absolute Gasteiger partial charge is 0.496 e. The number of hydrogen-bond donors (Lipinski definition) is 1. The summed E-state index contributed by atoms with van der Waals surface area (Å²) in [7, 11) is 3.28. The van der Waals surface area contributed by atoms with Crippen LogP contribution in [-0.4, -0.2) is 34.9 Å². The van der Waals surface area contributed by atoms with E-state index in [1.807, 2.05) is 6.07 Å². The first kappa shape index (κ1) is 13.6. The second-order valence-corrected chi connectivity index (χ2v) is 4.96. The second kappa shape index (κ2) is 5.88. The number of nitrogens with zero attached hydrogens (tertiary/aromatic N) is 2. The van der Waals surface area contributed by atoms with Crippen molar-refractivity contribution in [2.45, 2.75) is 6.54 Å². The van der Waals surface area contributed by atoms with E-state index in [-0.39, 0.29) is 5.91 Å². The molecule has 6 heteroatoms. The van der Waals surface area contributed by atoms with Crippen LogP contribution in [0, 0.1) is 0 Å². The summed E-state index contributed by atoms with van der Waals surface area (Å²) in [4.78, 5) is 21.0. The molecule has 0 atom stereocenters. The number of rotatable bonds is 4. The number of ether oxygens (including phenoxy) is 1. The van der Waals surface area contributed by atoms with E-state index in [4.69, 9.17) is 4.74 Å². The molecular formula is C13H14BrN3O2. The van der Waals surface area contributed by atoms with E-state index in [1.165, 1.54) is 0 Å². The van der Waals surface area contributed by atoms with Crippen molar-refractivity contribution in [3.8, 4) is 5.75 Å². The fraction of sp³-hybridized carbons (Fsp3) is 0.231. The van der Waals surface area contributed by atoms with E-state index in [2.05, 4.69) is 25.9 Å². The molecule has 1 aromatic carbocycles. The van der Waals surface area contributed by atoms with Gasteiger partial charge >= 0.3 is 0 Å². The Balaban J connectivity index is 2.21. The van der Waals surface area contributed by atoms with Gasteiger partial charge in [0.15, 0.2) is 0 Å². The van der Waals surface area contributed by atoms with Gasteiger partial charge in [0.25, 0.3) is 5.91 Å². The van der Waals surface area contributed by atoms with Crippen molar-refractivity contribution >= 4 is 21.8 Å². The zero-order valence-corrected chi connectivity index (χ0v) is 12.3. The minimum Gasteiger partial charge on any atom is -0.496 e. The summed E-state index contributed by atoms with van der Waals surface area (Å²) in [6.45, 7) is 0.418. The van der Waals surface area contributed by atoms with Gasteiger partial charge in [0.2, 0.25) is 0 Å². The molecule has 2 aromatic rings. The van der Waals surface area contributed by atoms with Crippen LogP contribution in [0.5, 0.6) is 5.75 Å². The molecule has 0 aliphatic rings. The van der Waals surface area contributed by atoms with Crippen molar-refractivity contribution in [2.24, 2.45) is 0 Å². The Morgan fingerprint density at radius 3 is 2.95 bits per heavy atom. The zero-order valence-electron chi connectivity index (χ0n) is 10.7. The molecule has 1 heterocycles. The molecule has 100 valence electrons. The summed E-state index contributed by atoms with van der Waals surface area (Å²) >= 11 is 3.36. The summed E-state index contributed by atoms with van der Waals surface area (Å²) < 4.78 is 6.05. The Labute approximate surface area is 119 Å². The number of methoxy groups -OCH3 is 1. The number of amides is 1. The minimum atomic E-state index is -0.116. The van der Waals surface area contributed by atoms with Crippen LogP contribution in [0.2, 0.25) is 0 Å². The molecule has 0 unspecified atom stereocenters. The molecule has 1 aromatic heterocycles. The molecule has 19 heavy (non-hydrogen) atoms. The number of hydrogen-bond acceptors (Lipinski definition) is 3. The molecule has 5 nitrogen and oxygen atoms in total. The van der Waals surface area contributed by atoms with E-state index in [1.54, 1.807) is 43.6 Å². The standard InChI is InChI=1S/C13H14BrN3O2/c1-17(8-12-15-5-6-16-12)13(18)10-7-9(14)3-4-11(10)19-2/h3-7H,8H2,1-2H3,(H,15,16). The lowest BCUT2D eigenvalue weighted by Gasteiger charge is -2.17. The van der Waals surface area contributed by atoms with Crippen molar-refractivity contribution < 1.29 is 9.53 Å². The predicted octanol–water partition coefficient (Wildman–Crippen LogP) is 2.45. The highest BCUT2D eigenvalue weighted by atomic mass is 79.9. The van der Waals surface area contributed by atoms with Gasteiger partial charge in [0.1, 0.15) is 11.6 Å². The molecule has 0 saturated carbocycles. The van der Waals surface area contributed by atoms with Crippen molar-refractivity contribution in [3.63, 3.8) is 0 Å². The average molecular weight is 324 g/mol. The number of aromatic nitrogens is 2. The summed E-state index contributed by atoms with van der Waals surface area (Å²) in [5, 5.41) is 0. The van der Waals surface area contributed by atoms with Crippen LogP contribution in [0.1, 0.15) is 16.2 Å². The first-order chi connectivity index (χ1) is 9.11. The fourth-order valence-corrected chi connectivity index (χ4v) is 2.09. The first-order valence-corrected chi connectivity index (χ1v) is 6.48. The SMILES string of the molecule is COc1ccc(Br)cc1C(=O)N(C)Cc1ncc[nH]1. The normalized spacial score (nSPS) is 10.3. The molecule has 0 spiro atoms. The number of imidazole rings is 1. The molecule has 0 fully saturated rings. The minimum absolute atomic E-state index is 0.116. The maximum absolute atomic E-state index is 12.4. The van der Waals surface area contributed by atoms with Gasteiger partial charge < -0.3 is 14.6 Å². The van der Waals surface area contributed by atoms with Gasteiger partial charge in [-0.2, -0.15) is 0 Å². The van der Waals surface area contributed by atoms with Crippen molar-refractivity contribution in [1.82, 2.24) is 14.9 Å². The number of carbonyl (C=O) groups excluding carboxylic acids is 1. The molecule has 0 bridgehead atoms. The maximum Gasteiger partial charge on any atom is 0.257 e. The highest BCUT2D eigenvalue weighted by Crippen LogP contribution is 2.24. The number of halogens is 1. The zero-order chi connectivity index (χ0) is 13.8. The number of carbonyl (C=O) groups is 1. The lowest BCUT2D eigenvalue weighted by atomic mass is 10.2. The first-order valence-electron chi connectivity index (χ1n) is 5.69. The Bertz CT molecular complexity index is 569. The van der Waals surface area contributed by atoms with Crippen LogP contribution in [0.15, 0.2) is 35.1 Å². The quantitative estimate of drug-likeness (QED) is 0.940. The molecular weight excluding hydrogens is 310 g/mol. The summed E-state index contributed by atoms with van der Waals surface area (Å²) in [6.07, 6.45) is 3.39. The van der Waals surface area contributed by atoms with Crippen molar-refractivity contribution in [1.29, 1.82) is 0 Å². The highest BCUT2D eigenvalue weighted by molar-refractivity contribution is 9.10. The number of nitrogens with one attached hydrogen (secondary N) is 1. The topological polar surface area (TPSA) is 58.2 Å². The van der Waals surface area contributed by atoms with Crippen molar-refractivity contribution in [2.75, 3.05) is 14.2 Å². The van der Waals surface area contributed by atoms with E-state index >= 15 is 0 Å². The molecule has 0 saturated heterocycles. The fourth-order valence-electron chi connectivity index (χ4n) is 1.73. The van der Waals surface area contributed by atoms with Gasteiger partial charge in [0.05, 0.1) is 19.2 Å². The lowest BCUT2D eigenvalue weighted by molar-refractivity contribution is 0.0778. The van der Waals surface area contributed by atoms with Crippen LogP contribution in [0.4, 0.5) is 0 Å².